The number of benzene rings is 2. The van der Waals surface area contributed by atoms with Crippen LogP contribution in [0.15, 0.2) is 42.5 Å². The highest BCUT2D eigenvalue weighted by Crippen LogP contribution is 2.35. The lowest BCUT2D eigenvalue weighted by atomic mass is 10.2. The number of hydrogen-bond donors (Lipinski definition) is 2. The summed E-state index contributed by atoms with van der Waals surface area (Å²) in [6, 6.07) is 12.6. The fraction of sp³-hybridized carbons (Fsp3) is 0.0667. The van der Waals surface area contributed by atoms with Gasteiger partial charge in [-0.05, 0) is 30.3 Å². The minimum atomic E-state index is -0.592. The Bertz CT molecular complexity index is 814. The number of carbonyl (C=O) groups excluding carboxylic acids is 1. The number of ether oxygens (including phenoxy) is 1. The zero-order chi connectivity index (χ0) is 14.8. The fourth-order valence-corrected chi connectivity index (χ4v) is 3.09. The molecule has 0 atom stereocenters. The number of thiazole rings is 1. The van der Waals surface area contributed by atoms with Crippen molar-refractivity contribution in [3.8, 4) is 16.3 Å². The first-order valence-electron chi connectivity index (χ1n) is 6.28. The Kier molecular flexibility index (Phi) is 3.45. The predicted octanol–water partition coefficient (Wildman–Crippen LogP) is 3.46. The number of rotatable bonds is 3. The smallest absolute Gasteiger partial charge is 0.316 e. The van der Waals surface area contributed by atoms with E-state index < -0.39 is 6.03 Å². The number of fused-ring (bicyclic) bond motifs is 1. The molecule has 3 N–H and O–H groups in total. The SMILES string of the molecule is COc1ccc2nc(-c3ccccc3NC(N)=O)sc2c1. The number of hydrogen-bond acceptors (Lipinski definition) is 4. The minimum absolute atomic E-state index is 0.592. The third-order valence-corrected chi connectivity index (χ3v) is 4.06. The Labute approximate surface area is 125 Å². The van der Waals surface area contributed by atoms with Crippen LogP contribution in [0.2, 0.25) is 0 Å². The van der Waals surface area contributed by atoms with Crippen molar-refractivity contribution in [1.82, 2.24) is 4.98 Å². The topological polar surface area (TPSA) is 77.2 Å². The maximum Gasteiger partial charge on any atom is 0.316 e. The molecular formula is C15H13N3O2S. The standard InChI is InChI=1S/C15H13N3O2S/c1-20-9-6-7-12-13(8-9)21-14(17-12)10-4-2-3-5-11(10)18-15(16)19/h2-8H,1H3,(H3,16,18,19). The van der Waals surface area contributed by atoms with E-state index in [1.807, 2.05) is 36.4 Å². The Morgan fingerprint density at radius 1 is 1.29 bits per heavy atom. The van der Waals surface area contributed by atoms with Crippen LogP contribution in [-0.2, 0) is 0 Å². The maximum atomic E-state index is 11.1. The molecule has 0 fully saturated rings. The van der Waals surface area contributed by atoms with Crippen molar-refractivity contribution in [2.24, 2.45) is 5.73 Å². The lowest BCUT2D eigenvalue weighted by molar-refractivity contribution is 0.259. The Balaban J connectivity index is 2.10. The van der Waals surface area contributed by atoms with Gasteiger partial charge in [-0.3, -0.25) is 0 Å². The van der Waals surface area contributed by atoms with E-state index in [-0.39, 0.29) is 0 Å². The monoisotopic (exact) mass is 299 g/mol. The maximum absolute atomic E-state index is 11.1. The number of nitrogens with zero attached hydrogens (tertiary/aromatic N) is 1. The molecule has 0 radical (unpaired) electrons. The molecule has 3 aromatic rings. The number of anilines is 1. The molecule has 0 aliphatic carbocycles. The first-order valence-corrected chi connectivity index (χ1v) is 7.09. The summed E-state index contributed by atoms with van der Waals surface area (Å²) in [5.41, 5.74) is 7.59. The fourth-order valence-electron chi connectivity index (χ4n) is 2.06. The number of carbonyl (C=O) groups is 1. The van der Waals surface area contributed by atoms with Crippen LogP contribution in [0.1, 0.15) is 0 Å². The minimum Gasteiger partial charge on any atom is -0.497 e. The summed E-state index contributed by atoms with van der Waals surface area (Å²) in [6.07, 6.45) is 0. The van der Waals surface area contributed by atoms with Crippen molar-refractivity contribution in [2.75, 3.05) is 12.4 Å². The van der Waals surface area contributed by atoms with E-state index in [4.69, 9.17) is 10.5 Å². The number of amides is 2. The molecule has 0 saturated carbocycles. The Morgan fingerprint density at radius 3 is 2.86 bits per heavy atom. The van der Waals surface area contributed by atoms with Gasteiger partial charge in [-0.2, -0.15) is 0 Å². The number of aromatic nitrogens is 1. The summed E-state index contributed by atoms with van der Waals surface area (Å²) in [7, 11) is 1.63. The van der Waals surface area contributed by atoms with Crippen molar-refractivity contribution in [3.05, 3.63) is 42.5 Å². The van der Waals surface area contributed by atoms with Gasteiger partial charge in [0.15, 0.2) is 0 Å². The third-order valence-electron chi connectivity index (χ3n) is 3.01. The quantitative estimate of drug-likeness (QED) is 0.777. The van der Waals surface area contributed by atoms with Crippen LogP contribution in [0, 0.1) is 0 Å². The van der Waals surface area contributed by atoms with Gasteiger partial charge in [-0.15, -0.1) is 11.3 Å². The molecule has 5 nitrogen and oxygen atoms in total. The van der Waals surface area contributed by atoms with Crippen LogP contribution < -0.4 is 15.8 Å². The lowest BCUT2D eigenvalue weighted by Gasteiger charge is -2.06. The van der Waals surface area contributed by atoms with E-state index in [2.05, 4.69) is 10.3 Å². The molecule has 0 aliphatic rings. The molecule has 1 heterocycles. The normalized spacial score (nSPS) is 10.5. The van der Waals surface area contributed by atoms with Crippen LogP contribution in [-0.4, -0.2) is 18.1 Å². The van der Waals surface area contributed by atoms with Crippen LogP contribution in [0.4, 0.5) is 10.5 Å². The number of methoxy groups -OCH3 is 1. The summed E-state index contributed by atoms with van der Waals surface area (Å²) in [4.78, 5) is 15.7. The van der Waals surface area contributed by atoms with Gasteiger partial charge >= 0.3 is 6.03 Å². The molecule has 21 heavy (non-hydrogen) atoms. The summed E-state index contributed by atoms with van der Waals surface area (Å²) in [5, 5.41) is 3.44. The molecule has 3 rings (SSSR count). The number of urea groups is 1. The number of nitrogens with one attached hydrogen (secondary N) is 1. The second-order valence-corrected chi connectivity index (χ2v) is 5.42. The zero-order valence-corrected chi connectivity index (χ0v) is 12.1. The van der Waals surface area contributed by atoms with Gasteiger partial charge in [0.05, 0.1) is 23.0 Å². The molecule has 0 saturated heterocycles. The van der Waals surface area contributed by atoms with Gasteiger partial charge < -0.3 is 15.8 Å². The summed E-state index contributed by atoms with van der Waals surface area (Å²) in [6.45, 7) is 0. The van der Waals surface area contributed by atoms with E-state index in [9.17, 15) is 4.79 Å². The van der Waals surface area contributed by atoms with Crippen LogP contribution in [0.25, 0.3) is 20.8 Å². The molecule has 2 aromatic carbocycles. The second kappa shape index (κ2) is 5.41. The highest BCUT2D eigenvalue weighted by atomic mass is 32.1. The molecule has 0 bridgehead atoms. The van der Waals surface area contributed by atoms with Crippen molar-refractivity contribution >= 4 is 33.3 Å². The van der Waals surface area contributed by atoms with Gasteiger partial charge in [0.1, 0.15) is 10.8 Å². The van der Waals surface area contributed by atoms with E-state index in [0.717, 1.165) is 26.5 Å². The summed E-state index contributed by atoms with van der Waals surface area (Å²) in [5.74, 6) is 0.793. The number of nitrogens with two attached hydrogens (primary N) is 1. The van der Waals surface area contributed by atoms with Gasteiger partial charge in [0.25, 0.3) is 0 Å². The highest BCUT2D eigenvalue weighted by Gasteiger charge is 2.11. The lowest BCUT2D eigenvalue weighted by Crippen LogP contribution is -2.19. The average molecular weight is 299 g/mol. The van der Waals surface area contributed by atoms with E-state index >= 15 is 0 Å². The summed E-state index contributed by atoms with van der Waals surface area (Å²) < 4.78 is 6.25. The molecule has 0 aliphatic heterocycles. The molecule has 0 unspecified atom stereocenters. The molecule has 106 valence electrons. The van der Waals surface area contributed by atoms with Crippen molar-refractivity contribution in [3.63, 3.8) is 0 Å². The van der Waals surface area contributed by atoms with E-state index in [0.29, 0.717) is 5.69 Å². The number of para-hydroxylation sites is 1. The van der Waals surface area contributed by atoms with Crippen LogP contribution in [0.5, 0.6) is 5.75 Å². The van der Waals surface area contributed by atoms with Gasteiger partial charge in [0, 0.05) is 5.56 Å². The highest BCUT2D eigenvalue weighted by molar-refractivity contribution is 7.21. The van der Waals surface area contributed by atoms with Gasteiger partial charge in [-0.1, -0.05) is 12.1 Å². The molecule has 2 amide bonds. The largest absolute Gasteiger partial charge is 0.497 e. The van der Waals surface area contributed by atoms with Gasteiger partial charge in [0.2, 0.25) is 0 Å². The Morgan fingerprint density at radius 2 is 2.10 bits per heavy atom. The van der Waals surface area contributed by atoms with Crippen LogP contribution >= 0.6 is 11.3 Å². The molecule has 1 aromatic heterocycles. The number of primary amides is 1. The van der Waals surface area contributed by atoms with Crippen molar-refractivity contribution in [2.45, 2.75) is 0 Å². The van der Waals surface area contributed by atoms with Crippen molar-refractivity contribution < 1.29 is 9.53 Å². The van der Waals surface area contributed by atoms with Gasteiger partial charge in [-0.25, -0.2) is 9.78 Å². The van der Waals surface area contributed by atoms with E-state index in [1.54, 1.807) is 13.2 Å². The molecule has 0 spiro atoms. The first kappa shape index (κ1) is 13.4. The molecular weight excluding hydrogens is 286 g/mol. The summed E-state index contributed by atoms with van der Waals surface area (Å²) >= 11 is 1.54. The van der Waals surface area contributed by atoms with Crippen molar-refractivity contribution in [1.29, 1.82) is 0 Å². The van der Waals surface area contributed by atoms with Crippen LogP contribution in [0.3, 0.4) is 0 Å². The van der Waals surface area contributed by atoms with E-state index in [1.165, 1.54) is 11.3 Å². The zero-order valence-electron chi connectivity index (χ0n) is 11.3. The first-order chi connectivity index (χ1) is 10.2. The third kappa shape index (κ3) is 2.66. The predicted molar refractivity (Wildman–Crippen MR) is 84.8 cm³/mol. The Hall–Kier alpha value is -2.60. The average Bonchev–Trinajstić information content (AvgIpc) is 2.89. The second-order valence-electron chi connectivity index (χ2n) is 4.39. The molecule has 6 heteroatoms.